The number of para-hydroxylation sites is 2. The van der Waals surface area contributed by atoms with Crippen LogP contribution in [0.25, 0.3) is 33.0 Å². The summed E-state index contributed by atoms with van der Waals surface area (Å²) in [6.45, 7) is 7.06. The van der Waals surface area contributed by atoms with E-state index in [1.807, 2.05) is 28.8 Å². The van der Waals surface area contributed by atoms with E-state index >= 15 is 0 Å². The highest BCUT2D eigenvalue weighted by Crippen LogP contribution is 2.40. The maximum absolute atomic E-state index is 13.1. The van der Waals surface area contributed by atoms with Crippen LogP contribution in [0, 0.1) is 10.1 Å². The Labute approximate surface area is 201 Å². The fourth-order valence-corrected chi connectivity index (χ4v) is 4.90. The standard InChI is InChI=1S/C26H25N5O4/c1-3-29(4-2)12-13-30-15-19(17-9-7-11-21(24(17)30)31(34)35)23-22(25(32)28-26(23)33)18-14-27-20-10-6-5-8-16(18)20/h5-11,14-15,27H,3-4,12-13H2,1-2H3,(H,28,32,33). The number of aromatic amines is 1. The van der Waals surface area contributed by atoms with E-state index in [1.54, 1.807) is 24.5 Å². The Morgan fingerprint density at radius 1 is 0.943 bits per heavy atom. The number of carbonyl (C=O) groups is 2. The van der Waals surface area contributed by atoms with Crippen molar-refractivity contribution < 1.29 is 14.5 Å². The molecule has 0 spiro atoms. The molecular formula is C26H25N5O4. The van der Waals surface area contributed by atoms with Crippen LogP contribution in [0.2, 0.25) is 0 Å². The van der Waals surface area contributed by atoms with E-state index < -0.39 is 16.7 Å². The van der Waals surface area contributed by atoms with Crippen molar-refractivity contribution in [1.82, 2.24) is 19.8 Å². The highest BCUT2D eigenvalue weighted by Gasteiger charge is 2.35. The van der Waals surface area contributed by atoms with Crippen molar-refractivity contribution in [3.05, 3.63) is 76.1 Å². The summed E-state index contributed by atoms with van der Waals surface area (Å²) in [4.78, 5) is 43.0. The highest BCUT2D eigenvalue weighted by atomic mass is 16.6. The average molecular weight is 472 g/mol. The first-order valence-corrected chi connectivity index (χ1v) is 11.6. The normalized spacial score (nSPS) is 14.0. The molecule has 4 aromatic rings. The number of hydrogen-bond acceptors (Lipinski definition) is 5. The van der Waals surface area contributed by atoms with E-state index in [0.717, 1.165) is 24.0 Å². The lowest BCUT2D eigenvalue weighted by atomic mass is 9.95. The Morgan fingerprint density at radius 2 is 1.63 bits per heavy atom. The summed E-state index contributed by atoms with van der Waals surface area (Å²) in [5.41, 5.74) is 2.87. The number of nitrogens with one attached hydrogen (secondary N) is 2. The van der Waals surface area contributed by atoms with Gasteiger partial charge in [-0.3, -0.25) is 25.0 Å². The molecule has 0 fully saturated rings. The molecule has 0 saturated carbocycles. The molecule has 2 aromatic heterocycles. The number of H-pyrrole nitrogens is 1. The van der Waals surface area contributed by atoms with Gasteiger partial charge in [0.15, 0.2) is 0 Å². The monoisotopic (exact) mass is 471 g/mol. The van der Waals surface area contributed by atoms with Gasteiger partial charge in [0, 0.05) is 59.0 Å². The molecule has 3 heterocycles. The number of aromatic nitrogens is 2. The number of nitrogens with zero attached hydrogens (tertiary/aromatic N) is 3. The summed E-state index contributed by atoms with van der Waals surface area (Å²) in [7, 11) is 0. The van der Waals surface area contributed by atoms with Crippen molar-refractivity contribution in [2.75, 3.05) is 19.6 Å². The maximum Gasteiger partial charge on any atom is 0.293 e. The number of hydrogen-bond donors (Lipinski definition) is 2. The van der Waals surface area contributed by atoms with Gasteiger partial charge in [-0.25, -0.2) is 0 Å². The number of nitro benzene ring substituents is 1. The van der Waals surface area contributed by atoms with Crippen molar-refractivity contribution in [2.45, 2.75) is 20.4 Å². The lowest BCUT2D eigenvalue weighted by Gasteiger charge is -2.18. The number of carbonyl (C=O) groups excluding carboxylic acids is 2. The second kappa shape index (κ2) is 8.84. The zero-order valence-electron chi connectivity index (χ0n) is 19.5. The fraction of sp³-hybridized carbons (Fsp3) is 0.231. The SMILES string of the molecule is CCN(CC)CCn1cc(C2=C(c3c[nH]c4ccccc34)C(=O)NC2=O)c2cccc([N+](=O)[O-])c21. The highest BCUT2D eigenvalue weighted by molar-refractivity contribution is 6.50. The quantitative estimate of drug-likeness (QED) is 0.230. The third kappa shape index (κ3) is 3.70. The average Bonchev–Trinajstić information content (AvgIpc) is 3.52. The first-order valence-electron chi connectivity index (χ1n) is 11.6. The molecule has 0 aliphatic carbocycles. The van der Waals surface area contributed by atoms with Crippen molar-refractivity contribution >= 4 is 50.5 Å². The Kier molecular flexibility index (Phi) is 5.70. The number of amides is 2. The van der Waals surface area contributed by atoms with Crippen LogP contribution >= 0.6 is 0 Å². The van der Waals surface area contributed by atoms with E-state index in [0.29, 0.717) is 35.1 Å². The molecule has 1 aliphatic heterocycles. The minimum absolute atomic E-state index is 0.0349. The second-order valence-electron chi connectivity index (χ2n) is 8.47. The van der Waals surface area contributed by atoms with Gasteiger partial charge < -0.3 is 14.5 Å². The van der Waals surface area contributed by atoms with E-state index in [2.05, 4.69) is 29.0 Å². The number of imide groups is 1. The number of fused-ring (bicyclic) bond motifs is 2. The summed E-state index contributed by atoms with van der Waals surface area (Å²) >= 11 is 0. The molecule has 1 aliphatic rings. The molecule has 0 atom stereocenters. The number of rotatable bonds is 8. The summed E-state index contributed by atoms with van der Waals surface area (Å²) in [6, 6.07) is 12.4. The lowest BCUT2D eigenvalue weighted by molar-refractivity contribution is -0.383. The van der Waals surface area contributed by atoms with Crippen molar-refractivity contribution in [3.8, 4) is 0 Å². The molecule has 0 saturated heterocycles. The largest absolute Gasteiger partial charge is 0.361 e. The minimum atomic E-state index is -0.510. The van der Waals surface area contributed by atoms with E-state index in [4.69, 9.17) is 0 Å². The zero-order chi connectivity index (χ0) is 24.7. The van der Waals surface area contributed by atoms with Crippen LogP contribution < -0.4 is 5.32 Å². The van der Waals surface area contributed by atoms with Crippen LogP contribution in [0.4, 0.5) is 5.69 Å². The first-order chi connectivity index (χ1) is 16.9. The molecule has 0 bridgehead atoms. The van der Waals surface area contributed by atoms with Crippen LogP contribution in [-0.2, 0) is 16.1 Å². The van der Waals surface area contributed by atoms with Gasteiger partial charge in [-0.15, -0.1) is 0 Å². The van der Waals surface area contributed by atoms with E-state index in [9.17, 15) is 19.7 Å². The molecule has 35 heavy (non-hydrogen) atoms. The van der Waals surface area contributed by atoms with Crippen molar-refractivity contribution in [1.29, 1.82) is 0 Å². The van der Waals surface area contributed by atoms with Crippen LogP contribution in [0.3, 0.4) is 0 Å². The van der Waals surface area contributed by atoms with Crippen LogP contribution in [0.1, 0.15) is 25.0 Å². The Bertz CT molecular complexity index is 1520. The number of benzene rings is 2. The number of likely N-dealkylation sites (N-methyl/N-ethyl adjacent to an activating group) is 1. The predicted octanol–water partition coefficient (Wildman–Crippen LogP) is 3.94. The molecule has 9 heteroatoms. The molecule has 178 valence electrons. The van der Waals surface area contributed by atoms with Crippen LogP contribution in [0.15, 0.2) is 54.9 Å². The summed E-state index contributed by atoms with van der Waals surface area (Å²) in [5, 5.41) is 15.7. The van der Waals surface area contributed by atoms with Gasteiger partial charge in [0.2, 0.25) is 0 Å². The zero-order valence-corrected chi connectivity index (χ0v) is 19.5. The van der Waals surface area contributed by atoms with Crippen molar-refractivity contribution in [2.24, 2.45) is 0 Å². The molecule has 0 unspecified atom stereocenters. The lowest BCUT2D eigenvalue weighted by Crippen LogP contribution is -2.26. The van der Waals surface area contributed by atoms with Gasteiger partial charge in [0.05, 0.1) is 16.1 Å². The van der Waals surface area contributed by atoms with Crippen LogP contribution in [-0.4, -0.2) is 50.8 Å². The van der Waals surface area contributed by atoms with Crippen molar-refractivity contribution in [3.63, 3.8) is 0 Å². The summed E-state index contributed by atoms with van der Waals surface area (Å²) in [6.07, 6.45) is 3.49. The van der Waals surface area contributed by atoms with Gasteiger partial charge in [-0.2, -0.15) is 0 Å². The first kappa shape index (κ1) is 22.5. The molecule has 2 amide bonds. The van der Waals surface area contributed by atoms with Gasteiger partial charge in [-0.1, -0.05) is 44.2 Å². The Morgan fingerprint density at radius 3 is 2.34 bits per heavy atom. The molecule has 0 radical (unpaired) electrons. The molecule has 5 rings (SSSR count). The van der Waals surface area contributed by atoms with E-state index in [-0.39, 0.29) is 16.8 Å². The number of nitro groups is 1. The molecule has 2 aromatic carbocycles. The Hall–Kier alpha value is -4.24. The fourth-order valence-electron chi connectivity index (χ4n) is 4.90. The second-order valence-corrected chi connectivity index (χ2v) is 8.47. The smallest absolute Gasteiger partial charge is 0.293 e. The third-order valence-electron chi connectivity index (χ3n) is 6.68. The van der Waals surface area contributed by atoms with E-state index in [1.165, 1.54) is 6.07 Å². The van der Waals surface area contributed by atoms with Gasteiger partial charge in [0.1, 0.15) is 5.52 Å². The van der Waals surface area contributed by atoms with Gasteiger partial charge in [0.25, 0.3) is 17.5 Å². The predicted molar refractivity (Wildman–Crippen MR) is 135 cm³/mol. The van der Waals surface area contributed by atoms with Crippen LogP contribution in [0.5, 0.6) is 0 Å². The molecule has 2 N–H and O–H groups in total. The van der Waals surface area contributed by atoms with Gasteiger partial charge >= 0.3 is 0 Å². The number of non-ortho nitro benzene ring substituents is 1. The summed E-state index contributed by atoms with van der Waals surface area (Å²) < 4.78 is 1.83. The summed E-state index contributed by atoms with van der Waals surface area (Å²) in [5.74, 6) is -0.992. The molecular weight excluding hydrogens is 446 g/mol. The van der Waals surface area contributed by atoms with Gasteiger partial charge in [-0.05, 0) is 19.2 Å². The minimum Gasteiger partial charge on any atom is -0.361 e. The third-order valence-corrected chi connectivity index (χ3v) is 6.68. The topological polar surface area (TPSA) is 113 Å². The maximum atomic E-state index is 13.1. The Balaban J connectivity index is 1.76. The molecule has 9 nitrogen and oxygen atoms in total.